The first kappa shape index (κ1) is 15.7. The normalized spacial score (nSPS) is 18.6. The van der Waals surface area contributed by atoms with E-state index in [2.05, 4.69) is 29.2 Å². The highest BCUT2D eigenvalue weighted by Crippen LogP contribution is 2.26. The molecule has 0 aliphatic carbocycles. The Morgan fingerprint density at radius 2 is 2.35 bits per heavy atom. The number of hydrogen-bond acceptors (Lipinski definition) is 5. The third-order valence-corrected chi connectivity index (χ3v) is 3.98. The highest BCUT2D eigenvalue weighted by molar-refractivity contribution is 5.91. The minimum atomic E-state index is -0.183. The van der Waals surface area contributed by atoms with Crippen LogP contribution in [0.5, 0.6) is 0 Å². The number of aromatic nitrogens is 3. The average Bonchev–Trinajstić information content (AvgIpc) is 3.15. The monoisotopic (exact) mass is 318 g/mol. The van der Waals surface area contributed by atoms with Crippen LogP contribution in [0, 0.1) is 12.8 Å². The predicted octanol–water partition coefficient (Wildman–Crippen LogP) is 2.12. The quantitative estimate of drug-likeness (QED) is 0.933. The Labute approximate surface area is 135 Å². The van der Waals surface area contributed by atoms with Gasteiger partial charge in [-0.15, -0.1) is 0 Å². The molecule has 0 unspecified atom stereocenters. The van der Waals surface area contributed by atoms with Crippen molar-refractivity contribution in [1.29, 1.82) is 0 Å². The van der Waals surface area contributed by atoms with Crippen molar-refractivity contribution in [3.8, 4) is 0 Å². The molecule has 1 fully saturated rings. The predicted molar refractivity (Wildman–Crippen MR) is 83.0 cm³/mol. The number of aromatic amines is 1. The molecule has 1 amide bonds. The number of nitrogens with one attached hydrogen (secondary N) is 1. The second-order valence-corrected chi connectivity index (χ2v) is 6.34. The molecule has 1 aliphatic rings. The highest BCUT2D eigenvalue weighted by Gasteiger charge is 2.33. The van der Waals surface area contributed by atoms with Gasteiger partial charge in [-0.2, -0.15) is 5.10 Å². The van der Waals surface area contributed by atoms with Crippen LogP contribution in [0.4, 0.5) is 0 Å². The summed E-state index contributed by atoms with van der Waals surface area (Å²) in [6.45, 7) is 7.65. The molecule has 0 spiro atoms. The van der Waals surface area contributed by atoms with E-state index in [1.54, 1.807) is 17.2 Å². The molecule has 7 heteroatoms. The summed E-state index contributed by atoms with van der Waals surface area (Å²) in [5.74, 6) is 0.589. The molecule has 124 valence electrons. The van der Waals surface area contributed by atoms with E-state index in [-0.39, 0.29) is 17.7 Å². The van der Waals surface area contributed by atoms with Crippen LogP contribution in [0.1, 0.15) is 47.4 Å². The molecular weight excluding hydrogens is 296 g/mol. The first-order valence-electron chi connectivity index (χ1n) is 7.90. The molecule has 0 aromatic carbocycles. The van der Waals surface area contributed by atoms with Gasteiger partial charge in [-0.25, -0.2) is 0 Å². The number of aryl methyl sites for hydroxylation is 1. The summed E-state index contributed by atoms with van der Waals surface area (Å²) in [4.78, 5) is 14.6. The van der Waals surface area contributed by atoms with Crippen LogP contribution in [0.15, 0.2) is 16.8 Å². The van der Waals surface area contributed by atoms with E-state index < -0.39 is 0 Å². The molecule has 1 atom stereocenters. The van der Waals surface area contributed by atoms with Crippen LogP contribution in [0.25, 0.3) is 0 Å². The molecule has 2 aromatic heterocycles. The molecule has 0 bridgehead atoms. The van der Waals surface area contributed by atoms with Gasteiger partial charge in [0.15, 0.2) is 0 Å². The van der Waals surface area contributed by atoms with Gasteiger partial charge in [0.25, 0.3) is 5.91 Å². The topological polar surface area (TPSA) is 84.2 Å². The van der Waals surface area contributed by atoms with E-state index in [1.165, 1.54) is 0 Å². The first-order chi connectivity index (χ1) is 11.1. The average molecular weight is 318 g/mol. The number of hydrogen-bond donors (Lipinski definition) is 1. The van der Waals surface area contributed by atoms with Gasteiger partial charge in [-0.1, -0.05) is 19.0 Å². The lowest BCUT2D eigenvalue weighted by atomic mass is 10.1. The summed E-state index contributed by atoms with van der Waals surface area (Å²) in [6.07, 6.45) is 2.55. The SMILES string of the molecule is Cc1cn[nH]c1[C@@H]1COCCN1C(=O)c1cc(CC(C)C)no1. The van der Waals surface area contributed by atoms with E-state index in [1.807, 2.05) is 6.92 Å². The van der Waals surface area contributed by atoms with Crippen molar-refractivity contribution in [2.24, 2.45) is 5.92 Å². The van der Waals surface area contributed by atoms with E-state index in [9.17, 15) is 4.79 Å². The van der Waals surface area contributed by atoms with E-state index in [4.69, 9.17) is 9.26 Å². The number of carbonyl (C=O) groups excluding carboxylic acids is 1. The van der Waals surface area contributed by atoms with Crippen LogP contribution in [-0.2, 0) is 11.2 Å². The summed E-state index contributed by atoms with van der Waals surface area (Å²) < 4.78 is 10.8. The Balaban J connectivity index is 1.81. The fraction of sp³-hybridized carbons (Fsp3) is 0.562. The van der Waals surface area contributed by atoms with Crippen molar-refractivity contribution in [1.82, 2.24) is 20.3 Å². The molecule has 23 heavy (non-hydrogen) atoms. The van der Waals surface area contributed by atoms with Gasteiger partial charge in [-0.3, -0.25) is 9.89 Å². The van der Waals surface area contributed by atoms with Crippen LogP contribution < -0.4 is 0 Å². The van der Waals surface area contributed by atoms with E-state index in [0.717, 1.165) is 23.4 Å². The van der Waals surface area contributed by atoms with Gasteiger partial charge in [0.05, 0.1) is 36.8 Å². The first-order valence-corrected chi connectivity index (χ1v) is 7.90. The fourth-order valence-electron chi connectivity index (χ4n) is 2.85. The third-order valence-electron chi connectivity index (χ3n) is 3.98. The van der Waals surface area contributed by atoms with Crippen LogP contribution in [-0.4, -0.2) is 45.9 Å². The van der Waals surface area contributed by atoms with Crippen molar-refractivity contribution in [2.75, 3.05) is 19.8 Å². The molecule has 3 heterocycles. The minimum absolute atomic E-state index is 0.158. The lowest BCUT2D eigenvalue weighted by molar-refractivity contribution is -0.00600. The Morgan fingerprint density at radius 1 is 1.52 bits per heavy atom. The Kier molecular flexibility index (Phi) is 4.47. The maximum Gasteiger partial charge on any atom is 0.293 e. The van der Waals surface area contributed by atoms with Gasteiger partial charge in [-0.05, 0) is 24.8 Å². The zero-order chi connectivity index (χ0) is 16.4. The lowest BCUT2D eigenvalue weighted by Gasteiger charge is -2.34. The Morgan fingerprint density at radius 3 is 3.04 bits per heavy atom. The number of nitrogens with zero attached hydrogens (tertiary/aromatic N) is 3. The second kappa shape index (κ2) is 6.54. The largest absolute Gasteiger partial charge is 0.377 e. The van der Waals surface area contributed by atoms with Crippen molar-refractivity contribution in [2.45, 2.75) is 33.2 Å². The molecule has 1 aliphatic heterocycles. The van der Waals surface area contributed by atoms with Crippen molar-refractivity contribution < 1.29 is 14.1 Å². The van der Waals surface area contributed by atoms with Crippen LogP contribution >= 0.6 is 0 Å². The number of carbonyl (C=O) groups is 1. The van der Waals surface area contributed by atoms with E-state index in [0.29, 0.717) is 25.7 Å². The number of H-pyrrole nitrogens is 1. The standard InChI is InChI=1S/C16H22N4O3/c1-10(2)6-12-7-14(23-19-12)16(21)20-4-5-22-9-13(20)15-11(3)8-17-18-15/h7-8,10,13H,4-6,9H2,1-3H3,(H,17,18)/t13-/m0/s1. The minimum Gasteiger partial charge on any atom is -0.377 e. The van der Waals surface area contributed by atoms with Crippen molar-refractivity contribution in [3.05, 3.63) is 35.0 Å². The van der Waals surface area contributed by atoms with Gasteiger partial charge in [0, 0.05) is 12.6 Å². The Bertz CT molecular complexity index is 676. The second-order valence-electron chi connectivity index (χ2n) is 6.34. The maximum atomic E-state index is 12.8. The Hall–Kier alpha value is -2.15. The summed E-state index contributed by atoms with van der Waals surface area (Å²) in [5.41, 5.74) is 2.72. The number of amides is 1. The lowest BCUT2D eigenvalue weighted by Crippen LogP contribution is -2.43. The van der Waals surface area contributed by atoms with E-state index >= 15 is 0 Å². The zero-order valence-electron chi connectivity index (χ0n) is 13.7. The number of ether oxygens (including phenoxy) is 1. The molecule has 3 rings (SSSR count). The molecule has 7 nitrogen and oxygen atoms in total. The van der Waals surface area contributed by atoms with Gasteiger partial charge in [0.2, 0.25) is 5.76 Å². The summed E-state index contributed by atoms with van der Waals surface area (Å²) >= 11 is 0. The van der Waals surface area contributed by atoms with Gasteiger partial charge >= 0.3 is 0 Å². The van der Waals surface area contributed by atoms with Crippen molar-refractivity contribution >= 4 is 5.91 Å². The van der Waals surface area contributed by atoms with Crippen molar-refractivity contribution in [3.63, 3.8) is 0 Å². The molecule has 1 saturated heterocycles. The highest BCUT2D eigenvalue weighted by atomic mass is 16.5. The fourth-order valence-corrected chi connectivity index (χ4v) is 2.85. The third kappa shape index (κ3) is 3.29. The molecule has 1 N–H and O–H groups in total. The van der Waals surface area contributed by atoms with Crippen LogP contribution in [0.3, 0.4) is 0 Å². The zero-order valence-corrected chi connectivity index (χ0v) is 13.7. The smallest absolute Gasteiger partial charge is 0.293 e. The number of morpholine rings is 1. The maximum absolute atomic E-state index is 12.8. The van der Waals surface area contributed by atoms with Crippen LogP contribution in [0.2, 0.25) is 0 Å². The summed E-state index contributed by atoms with van der Waals surface area (Å²) in [7, 11) is 0. The summed E-state index contributed by atoms with van der Waals surface area (Å²) in [6, 6.07) is 1.56. The molecule has 0 radical (unpaired) electrons. The van der Waals surface area contributed by atoms with Gasteiger partial charge < -0.3 is 14.2 Å². The number of rotatable bonds is 4. The van der Waals surface area contributed by atoms with Gasteiger partial charge in [0.1, 0.15) is 0 Å². The molecule has 2 aromatic rings. The summed E-state index contributed by atoms with van der Waals surface area (Å²) in [5, 5.41) is 11.0. The molecular formula is C16H22N4O3. The molecule has 0 saturated carbocycles.